The van der Waals surface area contributed by atoms with Gasteiger partial charge in [-0.25, -0.2) is 13.8 Å². The van der Waals surface area contributed by atoms with Crippen molar-refractivity contribution in [3.63, 3.8) is 0 Å². The van der Waals surface area contributed by atoms with Crippen molar-refractivity contribution < 1.29 is 13.5 Å². The summed E-state index contributed by atoms with van der Waals surface area (Å²) >= 11 is 0. The zero-order valence-electron chi connectivity index (χ0n) is 11.1. The number of hydrogen-bond donors (Lipinski definition) is 2. The molecule has 0 spiro atoms. The number of nitrogens with one attached hydrogen (secondary N) is 2. The largest absolute Gasteiger partial charge is 0.375 e. The Morgan fingerprint density at radius 1 is 1.47 bits per heavy atom. The van der Waals surface area contributed by atoms with E-state index in [1.807, 2.05) is 13.8 Å². The summed E-state index contributed by atoms with van der Waals surface area (Å²) in [4.78, 5) is 18.2. The molecule has 2 N–H and O–H groups in total. The lowest BCUT2D eigenvalue weighted by molar-refractivity contribution is 0.0182. The summed E-state index contributed by atoms with van der Waals surface area (Å²) in [6, 6.07) is 1.71. The Morgan fingerprint density at radius 3 is 2.84 bits per heavy atom. The van der Waals surface area contributed by atoms with Crippen LogP contribution in [0.5, 0.6) is 0 Å². The summed E-state index contributed by atoms with van der Waals surface area (Å²) in [5.41, 5.74) is 0.376. The maximum absolute atomic E-state index is 11.9. The zero-order valence-corrected chi connectivity index (χ0v) is 11.1. The number of hydrogen-bond acceptors (Lipinski definition) is 4. The third-order valence-corrected chi connectivity index (χ3v) is 2.26. The molecule has 0 amide bonds. The van der Waals surface area contributed by atoms with Crippen LogP contribution in [-0.2, 0) is 17.7 Å². The molecule has 0 aromatic carbocycles. The minimum atomic E-state index is -2.48. The maximum Gasteiger partial charge on any atom is 0.261 e. The minimum Gasteiger partial charge on any atom is -0.375 e. The van der Waals surface area contributed by atoms with Crippen LogP contribution in [0.15, 0.2) is 10.9 Å². The summed E-state index contributed by atoms with van der Waals surface area (Å²) in [7, 11) is 0. The second kappa shape index (κ2) is 7.96. The Hall–Kier alpha value is -1.34. The molecule has 0 unspecified atom stereocenters. The predicted octanol–water partition coefficient (Wildman–Crippen LogP) is 1.09. The highest BCUT2D eigenvalue weighted by atomic mass is 19.3. The third kappa shape index (κ3) is 6.97. The number of rotatable bonds is 8. The average Bonchev–Trinajstić information content (AvgIpc) is 2.31. The summed E-state index contributed by atoms with van der Waals surface area (Å²) in [5.74, 6) is 0.447. The topological polar surface area (TPSA) is 67.0 Å². The summed E-state index contributed by atoms with van der Waals surface area (Å²) in [6.07, 6.45) is -2.18. The van der Waals surface area contributed by atoms with Gasteiger partial charge in [-0.05, 0) is 0 Å². The fraction of sp³-hybridized carbons (Fsp3) is 0.667. The maximum atomic E-state index is 11.9. The van der Waals surface area contributed by atoms with Gasteiger partial charge in [-0.15, -0.1) is 0 Å². The standard InChI is InChI=1S/C12H19F2N3O2/c1-8(2)15-6-9-5-12(18)17-11(16-9)3-4-19-7-10(13)14/h5,8,10,15H,3-4,6-7H2,1-2H3,(H,16,17,18). The summed E-state index contributed by atoms with van der Waals surface area (Å²) in [5, 5.41) is 3.15. The molecule has 0 atom stereocenters. The van der Waals surface area contributed by atoms with Gasteiger partial charge in [-0.1, -0.05) is 13.8 Å². The van der Waals surface area contributed by atoms with E-state index in [4.69, 9.17) is 4.74 Å². The van der Waals surface area contributed by atoms with Crippen LogP contribution >= 0.6 is 0 Å². The van der Waals surface area contributed by atoms with Crippen molar-refractivity contribution in [3.8, 4) is 0 Å². The number of H-pyrrole nitrogens is 1. The van der Waals surface area contributed by atoms with E-state index in [1.165, 1.54) is 6.07 Å². The van der Waals surface area contributed by atoms with Gasteiger partial charge in [0.05, 0.1) is 12.3 Å². The summed E-state index contributed by atoms with van der Waals surface area (Å²) < 4.78 is 28.5. The molecule has 0 radical (unpaired) electrons. The van der Waals surface area contributed by atoms with Gasteiger partial charge < -0.3 is 15.0 Å². The highest BCUT2D eigenvalue weighted by Gasteiger charge is 2.05. The SMILES string of the molecule is CC(C)NCc1cc(=O)[nH]c(CCOCC(F)F)n1. The smallest absolute Gasteiger partial charge is 0.261 e. The summed E-state index contributed by atoms with van der Waals surface area (Å²) in [6.45, 7) is 3.98. The fourth-order valence-corrected chi connectivity index (χ4v) is 1.42. The van der Waals surface area contributed by atoms with E-state index in [1.54, 1.807) is 0 Å². The number of alkyl halides is 2. The van der Waals surface area contributed by atoms with Crippen LogP contribution in [0.4, 0.5) is 8.78 Å². The van der Waals surface area contributed by atoms with Gasteiger partial charge in [0.2, 0.25) is 0 Å². The van der Waals surface area contributed by atoms with Crippen molar-refractivity contribution in [2.45, 2.75) is 39.3 Å². The second-order valence-corrected chi connectivity index (χ2v) is 4.44. The molecule has 19 heavy (non-hydrogen) atoms. The van der Waals surface area contributed by atoms with Crippen LogP contribution in [0, 0.1) is 0 Å². The number of aromatic amines is 1. The van der Waals surface area contributed by atoms with E-state index in [-0.39, 0.29) is 12.2 Å². The molecule has 7 heteroatoms. The van der Waals surface area contributed by atoms with Crippen molar-refractivity contribution in [1.82, 2.24) is 15.3 Å². The third-order valence-electron chi connectivity index (χ3n) is 2.26. The number of ether oxygens (including phenoxy) is 1. The van der Waals surface area contributed by atoms with Crippen molar-refractivity contribution >= 4 is 0 Å². The highest BCUT2D eigenvalue weighted by Crippen LogP contribution is 1.97. The van der Waals surface area contributed by atoms with Gasteiger partial charge in [0.25, 0.3) is 12.0 Å². The van der Waals surface area contributed by atoms with E-state index >= 15 is 0 Å². The van der Waals surface area contributed by atoms with E-state index in [2.05, 4.69) is 15.3 Å². The van der Waals surface area contributed by atoms with Crippen molar-refractivity contribution in [2.75, 3.05) is 13.2 Å². The van der Waals surface area contributed by atoms with Gasteiger partial charge in [0.15, 0.2) is 0 Å². The average molecular weight is 275 g/mol. The van der Waals surface area contributed by atoms with Crippen molar-refractivity contribution in [2.24, 2.45) is 0 Å². The van der Waals surface area contributed by atoms with Gasteiger partial charge in [-0.2, -0.15) is 0 Å². The van der Waals surface area contributed by atoms with E-state index in [0.717, 1.165) is 0 Å². The minimum absolute atomic E-state index is 0.105. The number of aromatic nitrogens is 2. The van der Waals surface area contributed by atoms with Crippen LogP contribution in [-0.4, -0.2) is 35.6 Å². The predicted molar refractivity (Wildman–Crippen MR) is 67.4 cm³/mol. The quantitative estimate of drug-likeness (QED) is 0.697. The Morgan fingerprint density at radius 2 is 2.21 bits per heavy atom. The highest BCUT2D eigenvalue weighted by molar-refractivity contribution is 5.03. The van der Waals surface area contributed by atoms with Crippen molar-refractivity contribution in [3.05, 3.63) is 27.9 Å². The molecule has 0 saturated carbocycles. The molecule has 0 aliphatic rings. The normalized spacial score (nSPS) is 11.5. The van der Waals surface area contributed by atoms with E-state index in [0.29, 0.717) is 30.5 Å². The lowest BCUT2D eigenvalue weighted by Crippen LogP contribution is -2.24. The van der Waals surface area contributed by atoms with Gasteiger partial charge in [-0.3, -0.25) is 4.79 Å². The lowest BCUT2D eigenvalue weighted by atomic mass is 10.3. The Kier molecular flexibility index (Phi) is 6.58. The first-order chi connectivity index (χ1) is 8.97. The second-order valence-electron chi connectivity index (χ2n) is 4.44. The molecule has 108 valence electrons. The van der Waals surface area contributed by atoms with Gasteiger partial charge in [0, 0.05) is 25.1 Å². The Balaban J connectivity index is 2.51. The lowest BCUT2D eigenvalue weighted by Gasteiger charge is -2.08. The molecule has 1 aromatic heterocycles. The van der Waals surface area contributed by atoms with Crippen LogP contribution < -0.4 is 10.9 Å². The van der Waals surface area contributed by atoms with Crippen molar-refractivity contribution in [1.29, 1.82) is 0 Å². The van der Waals surface area contributed by atoms with Crippen LogP contribution in [0.1, 0.15) is 25.4 Å². The first-order valence-electron chi connectivity index (χ1n) is 6.15. The molecule has 0 aliphatic carbocycles. The van der Waals surface area contributed by atoms with Gasteiger partial charge >= 0.3 is 0 Å². The Labute approximate surface area is 110 Å². The zero-order chi connectivity index (χ0) is 14.3. The number of halogens is 2. The van der Waals surface area contributed by atoms with E-state index < -0.39 is 13.0 Å². The van der Waals surface area contributed by atoms with Crippen LogP contribution in [0.25, 0.3) is 0 Å². The molecular formula is C12H19F2N3O2. The van der Waals surface area contributed by atoms with Crippen LogP contribution in [0.2, 0.25) is 0 Å². The molecule has 0 saturated heterocycles. The molecule has 5 nitrogen and oxygen atoms in total. The Bertz CT molecular complexity index is 435. The first kappa shape index (κ1) is 15.7. The molecule has 1 heterocycles. The molecule has 1 rings (SSSR count). The molecular weight excluding hydrogens is 256 g/mol. The van der Waals surface area contributed by atoms with Crippen LogP contribution in [0.3, 0.4) is 0 Å². The monoisotopic (exact) mass is 275 g/mol. The molecule has 0 aliphatic heterocycles. The van der Waals surface area contributed by atoms with Gasteiger partial charge in [0.1, 0.15) is 12.4 Å². The number of nitrogens with zero attached hydrogens (tertiary/aromatic N) is 1. The molecule has 0 fully saturated rings. The molecule has 1 aromatic rings. The molecule has 0 bridgehead atoms. The first-order valence-corrected chi connectivity index (χ1v) is 6.15. The fourth-order valence-electron chi connectivity index (χ4n) is 1.42. The van der Waals surface area contributed by atoms with E-state index in [9.17, 15) is 13.6 Å².